The molecule has 0 bridgehead atoms. The Kier molecular flexibility index (Phi) is 4.37. The molecule has 12 heavy (non-hydrogen) atoms. The molecule has 0 rings (SSSR count). The van der Waals surface area contributed by atoms with Crippen molar-refractivity contribution in [3.8, 4) is 0 Å². The van der Waals surface area contributed by atoms with Crippen LogP contribution in [0.25, 0.3) is 0 Å². The lowest BCUT2D eigenvalue weighted by Crippen LogP contribution is -2.43. The number of aliphatic hydroxyl groups excluding tert-OH is 1. The monoisotopic (exact) mass is 176 g/mol. The van der Waals surface area contributed by atoms with Gasteiger partial charge in [0, 0.05) is 13.5 Å². The molecule has 0 aliphatic rings. The van der Waals surface area contributed by atoms with Gasteiger partial charge in [0.2, 0.25) is 0 Å². The molecule has 0 spiro atoms. The summed E-state index contributed by atoms with van der Waals surface area (Å²) in [5.41, 5.74) is -1.30. The first-order chi connectivity index (χ1) is 5.44. The number of hydrogen-bond donors (Lipinski definition) is 2. The summed E-state index contributed by atoms with van der Waals surface area (Å²) >= 11 is 0. The highest BCUT2D eigenvalue weighted by atomic mass is 16.5. The largest absolute Gasteiger partial charge is 0.393 e. The quantitative estimate of drug-likeness (QED) is 0.565. The zero-order valence-corrected chi connectivity index (χ0v) is 7.65. The minimum atomic E-state index is -1.30. The van der Waals surface area contributed by atoms with E-state index in [4.69, 9.17) is 9.84 Å². The van der Waals surface area contributed by atoms with Crippen LogP contribution in [-0.2, 0) is 9.53 Å². The molecule has 72 valence electrons. The van der Waals surface area contributed by atoms with Crippen molar-refractivity contribution in [2.24, 2.45) is 0 Å². The number of aliphatic hydroxyl groups is 2. The average Bonchev–Trinajstić information content (AvgIpc) is 1.85. The predicted molar refractivity (Wildman–Crippen MR) is 43.8 cm³/mol. The first-order valence-corrected chi connectivity index (χ1v) is 3.82. The smallest absolute Gasteiger partial charge is 0.151 e. The van der Waals surface area contributed by atoms with Crippen LogP contribution in [-0.4, -0.2) is 41.4 Å². The van der Waals surface area contributed by atoms with E-state index < -0.39 is 17.8 Å². The van der Waals surface area contributed by atoms with Crippen molar-refractivity contribution in [2.45, 2.75) is 38.1 Å². The number of carbonyl (C=O) groups excluding carboxylic acids is 1. The Hall–Kier alpha value is -0.450. The van der Waals surface area contributed by atoms with Gasteiger partial charge in [0.1, 0.15) is 6.10 Å². The molecule has 0 aliphatic heterocycles. The summed E-state index contributed by atoms with van der Waals surface area (Å²) in [6, 6.07) is 0. The van der Waals surface area contributed by atoms with Crippen molar-refractivity contribution < 1.29 is 19.7 Å². The SMILES string of the molecule is CO[C@@H](C=O)[C@](C)(O)C[C@H](C)O. The minimum absolute atomic E-state index is 0.115. The van der Waals surface area contributed by atoms with Gasteiger partial charge >= 0.3 is 0 Å². The van der Waals surface area contributed by atoms with Gasteiger partial charge in [0.05, 0.1) is 11.7 Å². The van der Waals surface area contributed by atoms with Gasteiger partial charge in [-0.2, -0.15) is 0 Å². The lowest BCUT2D eigenvalue weighted by molar-refractivity contribution is -0.137. The number of hydrogen-bond acceptors (Lipinski definition) is 4. The molecule has 4 heteroatoms. The molecule has 0 fully saturated rings. The van der Waals surface area contributed by atoms with E-state index in [1.54, 1.807) is 6.92 Å². The van der Waals surface area contributed by atoms with E-state index in [0.717, 1.165) is 0 Å². The highest BCUT2D eigenvalue weighted by Gasteiger charge is 2.32. The van der Waals surface area contributed by atoms with Crippen LogP contribution in [0.1, 0.15) is 20.3 Å². The molecule has 0 aromatic carbocycles. The normalized spacial score (nSPS) is 21.1. The molecular formula is C8H16O4. The standard InChI is InChI=1S/C8H16O4/c1-6(10)4-8(2,11)7(5-9)12-3/h5-7,10-11H,4H2,1-3H3/t6-,7-,8+/m0/s1. The van der Waals surface area contributed by atoms with Crippen LogP contribution in [0.15, 0.2) is 0 Å². The van der Waals surface area contributed by atoms with Crippen molar-refractivity contribution >= 4 is 6.29 Å². The Labute approximate surface area is 72.2 Å². The average molecular weight is 176 g/mol. The molecule has 0 aliphatic carbocycles. The Morgan fingerprint density at radius 2 is 2.17 bits per heavy atom. The van der Waals surface area contributed by atoms with E-state index in [-0.39, 0.29) is 6.42 Å². The zero-order chi connectivity index (χ0) is 9.78. The topological polar surface area (TPSA) is 66.8 Å². The molecule has 0 amide bonds. The first kappa shape index (κ1) is 11.6. The van der Waals surface area contributed by atoms with Crippen molar-refractivity contribution in [1.82, 2.24) is 0 Å². The Morgan fingerprint density at radius 1 is 1.67 bits per heavy atom. The Balaban J connectivity index is 4.24. The van der Waals surface area contributed by atoms with Crippen LogP contribution in [0.5, 0.6) is 0 Å². The van der Waals surface area contributed by atoms with Gasteiger partial charge in [0.15, 0.2) is 6.29 Å². The van der Waals surface area contributed by atoms with Gasteiger partial charge in [-0.15, -0.1) is 0 Å². The number of rotatable bonds is 5. The van der Waals surface area contributed by atoms with Crippen molar-refractivity contribution in [3.63, 3.8) is 0 Å². The summed E-state index contributed by atoms with van der Waals surface area (Å²) in [5.74, 6) is 0. The third kappa shape index (κ3) is 3.30. The summed E-state index contributed by atoms with van der Waals surface area (Å²) in [6.45, 7) is 3.01. The maximum atomic E-state index is 10.4. The molecule has 0 radical (unpaired) electrons. The van der Waals surface area contributed by atoms with Crippen LogP contribution in [0.3, 0.4) is 0 Å². The number of carbonyl (C=O) groups is 1. The van der Waals surface area contributed by atoms with Crippen molar-refractivity contribution in [1.29, 1.82) is 0 Å². The number of aldehydes is 1. The molecule has 0 unspecified atom stereocenters. The molecule has 0 aromatic rings. The molecule has 0 heterocycles. The lowest BCUT2D eigenvalue weighted by atomic mass is 9.93. The maximum absolute atomic E-state index is 10.4. The molecule has 0 saturated heterocycles. The van der Waals surface area contributed by atoms with Crippen LogP contribution in [0.4, 0.5) is 0 Å². The molecule has 0 aromatic heterocycles. The van der Waals surface area contributed by atoms with E-state index in [9.17, 15) is 9.90 Å². The fourth-order valence-electron chi connectivity index (χ4n) is 1.17. The predicted octanol–water partition coefficient (Wildman–Crippen LogP) is -0.278. The van der Waals surface area contributed by atoms with Gasteiger partial charge < -0.3 is 19.7 Å². The van der Waals surface area contributed by atoms with E-state index in [0.29, 0.717) is 6.29 Å². The highest BCUT2D eigenvalue weighted by molar-refractivity contribution is 5.58. The molecule has 4 nitrogen and oxygen atoms in total. The number of ether oxygens (including phenoxy) is 1. The summed E-state index contributed by atoms with van der Waals surface area (Å²) in [6.07, 6.45) is -0.892. The van der Waals surface area contributed by atoms with E-state index in [2.05, 4.69) is 0 Å². The van der Waals surface area contributed by atoms with Crippen LogP contribution in [0.2, 0.25) is 0 Å². The molecule has 2 N–H and O–H groups in total. The highest BCUT2D eigenvalue weighted by Crippen LogP contribution is 2.17. The van der Waals surface area contributed by atoms with Crippen LogP contribution < -0.4 is 0 Å². The molecule has 3 atom stereocenters. The van der Waals surface area contributed by atoms with E-state index in [1.807, 2.05) is 0 Å². The third-order valence-corrected chi connectivity index (χ3v) is 1.70. The third-order valence-electron chi connectivity index (χ3n) is 1.70. The lowest BCUT2D eigenvalue weighted by Gasteiger charge is -2.28. The van der Waals surface area contributed by atoms with Gasteiger partial charge in [-0.25, -0.2) is 0 Å². The fraction of sp³-hybridized carbons (Fsp3) is 0.875. The Morgan fingerprint density at radius 3 is 2.42 bits per heavy atom. The van der Waals surface area contributed by atoms with Gasteiger partial charge in [-0.05, 0) is 13.8 Å². The minimum Gasteiger partial charge on any atom is -0.393 e. The van der Waals surface area contributed by atoms with Crippen molar-refractivity contribution in [2.75, 3.05) is 7.11 Å². The summed E-state index contributed by atoms with van der Waals surface area (Å²) < 4.78 is 4.74. The summed E-state index contributed by atoms with van der Waals surface area (Å²) in [4.78, 5) is 10.4. The fourth-order valence-corrected chi connectivity index (χ4v) is 1.17. The van der Waals surface area contributed by atoms with Gasteiger partial charge in [0.25, 0.3) is 0 Å². The van der Waals surface area contributed by atoms with Gasteiger partial charge in [-0.1, -0.05) is 0 Å². The second kappa shape index (κ2) is 4.54. The second-order valence-electron chi connectivity index (χ2n) is 3.20. The second-order valence-corrected chi connectivity index (χ2v) is 3.20. The maximum Gasteiger partial charge on any atom is 0.151 e. The van der Waals surface area contributed by atoms with E-state index in [1.165, 1.54) is 14.0 Å². The number of methoxy groups -OCH3 is 1. The Bertz CT molecular complexity index is 142. The van der Waals surface area contributed by atoms with Crippen LogP contribution in [0, 0.1) is 0 Å². The summed E-state index contributed by atoms with van der Waals surface area (Å²) in [5, 5.41) is 18.6. The first-order valence-electron chi connectivity index (χ1n) is 3.82. The molecule has 0 saturated carbocycles. The molecular weight excluding hydrogens is 160 g/mol. The van der Waals surface area contributed by atoms with Crippen molar-refractivity contribution in [3.05, 3.63) is 0 Å². The van der Waals surface area contributed by atoms with E-state index >= 15 is 0 Å². The summed E-state index contributed by atoms with van der Waals surface area (Å²) in [7, 11) is 1.34. The van der Waals surface area contributed by atoms with Gasteiger partial charge in [-0.3, -0.25) is 0 Å². The zero-order valence-electron chi connectivity index (χ0n) is 7.65. The van der Waals surface area contributed by atoms with Crippen LogP contribution >= 0.6 is 0 Å².